The maximum atomic E-state index is 14.7. The molecule has 0 aromatic heterocycles. The van der Waals surface area contributed by atoms with E-state index in [0.29, 0.717) is 89.4 Å². The van der Waals surface area contributed by atoms with E-state index in [2.05, 4.69) is 65.0 Å². The van der Waals surface area contributed by atoms with Crippen LogP contribution >= 0.6 is 0 Å². The number of nitrogens with zero attached hydrogens (tertiary/aromatic N) is 2. The van der Waals surface area contributed by atoms with Gasteiger partial charge in [0.15, 0.2) is 0 Å². The summed E-state index contributed by atoms with van der Waals surface area (Å²) in [5, 5.41) is 30.1. The number of hydrogen-bond acceptors (Lipinski definition) is 12. The minimum Gasteiger partial charge on any atom is -0.356 e. The fourth-order valence-electron chi connectivity index (χ4n) is 12.3. The molecule has 0 saturated carbocycles. The lowest BCUT2D eigenvalue weighted by atomic mass is 9.92. The highest BCUT2D eigenvalue weighted by molar-refractivity contribution is 5.97. The largest absolute Gasteiger partial charge is 0.356 e. The van der Waals surface area contributed by atoms with Crippen LogP contribution in [-0.2, 0) is 56.2 Å². The van der Waals surface area contributed by atoms with E-state index in [0.717, 1.165) is 11.1 Å². The van der Waals surface area contributed by atoms with Gasteiger partial charge in [-0.2, -0.15) is 0 Å². The first-order chi connectivity index (χ1) is 41.2. The summed E-state index contributed by atoms with van der Waals surface area (Å²) in [6.07, 6.45) is 6.32. The van der Waals surface area contributed by atoms with Gasteiger partial charge in [0, 0.05) is 88.9 Å². The van der Waals surface area contributed by atoms with Crippen molar-refractivity contribution in [3.8, 4) is 11.8 Å². The third-order valence-electron chi connectivity index (χ3n) is 17.0. The van der Waals surface area contributed by atoms with Crippen LogP contribution < -0.4 is 53.2 Å². The molecule has 0 aliphatic carbocycles. The molecule has 4 fully saturated rings. The molecule has 0 unspecified atom stereocenters. The van der Waals surface area contributed by atoms with E-state index in [-0.39, 0.29) is 105 Å². The zero-order chi connectivity index (χ0) is 60.7. The molecule has 21 nitrogen and oxygen atoms in total. The Balaban J connectivity index is 0.856. The first kappa shape index (κ1) is 64.9. The van der Waals surface area contributed by atoms with Crippen molar-refractivity contribution in [2.45, 2.75) is 171 Å². The number of likely N-dealkylation sites (N-methyl/N-ethyl adjacent to an activating group) is 2. The highest BCUT2D eigenvalue weighted by Gasteiger charge is 2.50. The van der Waals surface area contributed by atoms with Crippen LogP contribution in [0.25, 0.3) is 0 Å². The van der Waals surface area contributed by atoms with Gasteiger partial charge in [0.2, 0.25) is 53.2 Å². The second kappa shape index (κ2) is 33.1. The molecule has 3 aromatic carbocycles. The van der Waals surface area contributed by atoms with Gasteiger partial charge >= 0.3 is 0 Å². The van der Waals surface area contributed by atoms with Crippen molar-refractivity contribution in [1.82, 2.24) is 63.0 Å². The fourth-order valence-corrected chi connectivity index (χ4v) is 12.3. The first-order valence-corrected chi connectivity index (χ1v) is 30.5. The summed E-state index contributed by atoms with van der Waals surface area (Å²) in [6, 6.07) is 22.4. The molecule has 0 radical (unpaired) electrons. The molecule has 3 aromatic rings. The standard InChI is InChI=1S/C64H88N12O9/c1-5-49(65-3)58(79)73-56-45(40-67-38-42-20-12-9-13-21-42)28-30-48-33-35-52(76(48)63(56)84)61(82)72-55(44-24-16-11-17-25-44)62(83)69-37-36-68-53(77)26-18-7-8-19-27-54(78)70-41-46-29-31-47-32-34-51(60(81)71-39-43-22-14-10-15-23-43)75(47)64(85)57(46)74-59(80)50(6-2)66-4/h9-17,20-25,45-52,55-57,65-67H,5-6,18-19,26-41H2,1-4H3,(H,68,77)(H,69,83)(H,70,78)(H,71,81)(H,72,82)(H,73,79)(H,74,80)/t45-,46-,47+,48+,49+,50+,51+,52+,55+,56+,57+/m1/s1. The number of nitrogens with one attached hydrogen (secondary N) is 10. The van der Waals surface area contributed by atoms with Gasteiger partial charge in [-0.15, -0.1) is 11.8 Å². The molecule has 4 aliphatic rings. The number of carbonyl (C=O) groups excluding carboxylic acids is 9. The van der Waals surface area contributed by atoms with E-state index >= 15 is 0 Å². The van der Waals surface area contributed by atoms with Gasteiger partial charge in [-0.25, -0.2) is 0 Å². The van der Waals surface area contributed by atoms with Crippen molar-refractivity contribution in [1.29, 1.82) is 0 Å². The van der Waals surface area contributed by atoms with Crippen LogP contribution in [0.3, 0.4) is 0 Å². The van der Waals surface area contributed by atoms with Gasteiger partial charge < -0.3 is 63.0 Å². The summed E-state index contributed by atoms with van der Waals surface area (Å²) in [4.78, 5) is 127. The Labute approximate surface area is 500 Å². The lowest BCUT2D eigenvalue weighted by molar-refractivity contribution is -0.144. The SMILES string of the molecule is CC[C@H](NC)C(=O)N[C@@H]1C(=O)N2[C@@H](CC[C@@H]1CNC(=O)CCC#CCCC(=O)NCCNC(=O)[C@@H](NC(=O)[C@@H]1CC[C@@H]3CC[C@H](CNCc4ccccc4)[C@H](NC(=O)[C@H](CC)NC)C(=O)N31)c1ccccc1)CC[C@H]2C(=O)NCc1ccccc1. The molecule has 11 atom stereocenters. The molecular formula is C64H88N12O9. The monoisotopic (exact) mass is 1170 g/mol. The van der Waals surface area contributed by atoms with Gasteiger partial charge in [-0.1, -0.05) is 105 Å². The predicted molar refractivity (Wildman–Crippen MR) is 322 cm³/mol. The van der Waals surface area contributed by atoms with Gasteiger partial charge in [0.25, 0.3) is 0 Å². The average molecular weight is 1170 g/mol. The zero-order valence-corrected chi connectivity index (χ0v) is 49.7. The number of carbonyl (C=O) groups is 9. The topological polar surface area (TPSA) is 280 Å². The molecule has 9 amide bonds. The van der Waals surface area contributed by atoms with Crippen molar-refractivity contribution in [3.63, 3.8) is 0 Å². The Morgan fingerprint density at radius 3 is 1.49 bits per heavy atom. The molecule has 10 N–H and O–H groups in total. The summed E-state index contributed by atoms with van der Waals surface area (Å²) < 4.78 is 0. The quantitative estimate of drug-likeness (QED) is 0.0371. The maximum absolute atomic E-state index is 14.7. The molecule has 0 bridgehead atoms. The molecule has 458 valence electrons. The minimum atomic E-state index is -1.10. The van der Waals surface area contributed by atoms with Crippen molar-refractivity contribution in [3.05, 3.63) is 108 Å². The van der Waals surface area contributed by atoms with E-state index < -0.39 is 60.0 Å². The summed E-state index contributed by atoms with van der Waals surface area (Å²) in [7, 11) is 3.39. The van der Waals surface area contributed by atoms with E-state index in [1.165, 1.54) is 0 Å². The first-order valence-electron chi connectivity index (χ1n) is 30.5. The second-order valence-corrected chi connectivity index (χ2v) is 22.6. The summed E-state index contributed by atoms with van der Waals surface area (Å²) in [6.45, 7) is 5.49. The van der Waals surface area contributed by atoms with Crippen molar-refractivity contribution < 1.29 is 43.2 Å². The lowest BCUT2D eigenvalue weighted by Gasteiger charge is -2.33. The van der Waals surface area contributed by atoms with E-state index in [4.69, 9.17) is 0 Å². The van der Waals surface area contributed by atoms with Crippen LogP contribution in [0.4, 0.5) is 0 Å². The number of benzene rings is 3. The van der Waals surface area contributed by atoms with Crippen molar-refractivity contribution in [2.24, 2.45) is 11.8 Å². The number of fused-ring (bicyclic) bond motifs is 2. The molecule has 4 heterocycles. The van der Waals surface area contributed by atoms with Crippen LogP contribution in [0.1, 0.15) is 126 Å². The third-order valence-corrected chi connectivity index (χ3v) is 17.0. The Morgan fingerprint density at radius 2 is 0.976 bits per heavy atom. The van der Waals surface area contributed by atoms with Crippen LogP contribution in [0.15, 0.2) is 91.0 Å². The summed E-state index contributed by atoms with van der Waals surface area (Å²) >= 11 is 0. The molecule has 4 saturated heterocycles. The zero-order valence-electron chi connectivity index (χ0n) is 49.7. The number of amides is 9. The molecule has 85 heavy (non-hydrogen) atoms. The Hall–Kier alpha value is -7.67. The van der Waals surface area contributed by atoms with Crippen LogP contribution in [-0.4, -0.2) is 152 Å². The van der Waals surface area contributed by atoms with Crippen LogP contribution in [0.2, 0.25) is 0 Å². The van der Waals surface area contributed by atoms with Gasteiger partial charge in [-0.05, 0) is 95.0 Å². The average Bonchev–Trinajstić information content (AvgIpc) is 3.70. The molecule has 21 heteroatoms. The van der Waals surface area contributed by atoms with E-state index in [9.17, 15) is 43.2 Å². The lowest BCUT2D eigenvalue weighted by Crippen LogP contribution is -2.59. The minimum absolute atomic E-state index is 0.0656. The molecule has 7 rings (SSSR count). The summed E-state index contributed by atoms with van der Waals surface area (Å²) in [5.74, 6) is 2.26. The van der Waals surface area contributed by atoms with E-state index in [1.807, 2.05) is 74.5 Å². The normalized spacial score (nSPS) is 22.8. The Kier molecular flexibility index (Phi) is 25.3. The summed E-state index contributed by atoms with van der Waals surface area (Å²) in [5.41, 5.74) is 2.58. The fraction of sp³-hybridized carbons (Fsp3) is 0.547. The highest BCUT2D eigenvalue weighted by Crippen LogP contribution is 2.36. The van der Waals surface area contributed by atoms with Crippen molar-refractivity contribution >= 4 is 53.2 Å². The van der Waals surface area contributed by atoms with Gasteiger partial charge in [-0.3, -0.25) is 43.2 Å². The van der Waals surface area contributed by atoms with Crippen LogP contribution in [0, 0.1) is 23.7 Å². The number of rotatable bonds is 28. The number of hydrogen-bond donors (Lipinski definition) is 10. The maximum Gasteiger partial charge on any atom is 0.247 e. The molecular weight excluding hydrogens is 1080 g/mol. The second-order valence-electron chi connectivity index (χ2n) is 22.6. The van der Waals surface area contributed by atoms with Gasteiger partial charge in [0.1, 0.15) is 30.2 Å². The van der Waals surface area contributed by atoms with Gasteiger partial charge in [0.05, 0.1) is 12.1 Å². The van der Waals surface area contributed by atoms with E-state index in [1.54, 1.807) is 54.2 Å². The Morgan fingerprint density at radius 1 is 0.518 bits per heavy atom. The van der Waals surface area contributed by atoms with Crippen LogP contribution in [0.5, 0.6) is 0 Å². The Bertz CT molecular complexity index is 2790. The molecule has 4 aliphatic heterocycles. The highest BCUT2D eigenvalue weighted by atomic mass is 16.2. The van der Waals surface area contributed by atoms with Crippen molar-refractivity contribution in [2.75, 3.05) is 40.3 Å². The molecule has 0 spiro atoms. The third kappa shape index (κ3) is 18.2. The smallest absolute Gasteiger partial charge is 0.247 e. The predicted octanol–water partition coefficient (Wildman–Crippen LogP) is 2.37.